The Morgan fingerprint density at radius 1 is 1.09 bits per heavy atom. The number of hydrogen-bond donors (Lipinski definition) is 1. The number of rotatable bonds is 2. The van der Waals surface area contributed by atoms with Crippen molar-refractivity contribution in [2.75, 3.05) is 13.1 Å². The van der Waals surface area contributed by atoms with Gasteiger partial charge in [-0.15, -0.1) is 0 Å². The standard InChI is InChI=1S/C18H18FNO2/c19-16-6-4-14(5-7-16)18(22)20-10-8-13(9-11-20)15-2-1-3-17(21)12-15/h1-7,12-13,21H,8-11H2. The molecule has 1 aliphatic rings. The van der Waals surface area contributed by atoms with Gasteiger partial charge in [-0.1, -0.05) is 12.1 Å². The molecule has 22 heavy (non-hydrogen) atoms. The van der Waals surface area contributed by atoms with E-state index in [2.05, 4.69) is 0 Å². The number of carbonyl (C=O) groups is 1. The minimum atomic E-state index is -0.334. The van der Waals surface area contributed by atoms with E-state index in [1.165, 1.54) is 24.3 Å². The van der Waals surface area contributed by atoms with Crippen LogP contribution >= 0.6 is 0 Å². The van der Waals surface area contributed by atoms with E-state index in [0.29, 0.717) is 24.6 Å². The highest BCUT2D eigenvalue weighted by Gasteiger charge is 2.24. The maximum atomic E-state index is 12.9. The molecule has 0 bridgehead atoms. The smallest absolute Gasteiger partial charge is 0.253 e. The molecule has 1 fully saturated rings. The van der Waals surface area contributed by atoms with E-state index in [9.17, 15) is 14.3 Å². The van der Waals surface area contributed by atoms with Gasteiger partial charge in [0.25, 0.3) is 5.91 Å². The number of carbonyl (C=O) groups excluding carboxylic acids is 1. The number of benzene rings is 2. The molecule has 1 amide bonds. The van der Waals surface area contributed by atoms with E-state index in [0.717, 1.165) is 18.4 Å². The number of phenolic OH excluding ortho intramolecular Hbond substituents is 1. The van der Waals surface area contributed by atoms with Crippen LogP contribution < -0.4 is 0 Å². The minimum Gasteiger partial charge on any atom is -0.508 e. The number of likely N-dealkylation sites (tertiary alicyclic amines) is 1. The summed E-state index contributed by atoms with van der Waals surface area (Å²) in [6.45, 7) is 1.35. The highest BCUT2D eigenvalue weighted by molar-refractivity contribution is 5.94. The Morgan fingerprint density at radius 3 is 2.41 bits per heavy atom. The number of halogens is 1. The SMILES string of the molecule is O=C(c1ccc(F)cc1)N1CCC(c2cccc(O)c2)CC1. The Morgan fingerprint density at radius 2 is 1.77 bits per heavy atom. The number of phenols is 1. The largest absolute Gasteiger partial charge is 0.508 e. The third kappa shape index (κ3) is 3.11. The van der Waals surface area contributed by atoms with Crippen LogP contribution in [0.4, 0.5) is 4.39 Å². The molecule has 1 heterocycles. The monoisotopic (exact) mass is 299 g/mol. The normalized spacial score (nSPS) is 15.8. The van der Waals surface area contributed by atoms with Gasteiger partial charge >= 0.3 is 0 Å². The van der Waals surface area contributed by atoms with E-state index in [-0.39, 0.29) is 17.5 Å². The fourth-order valence-corrected chi connectivity index (χ4v) is 2.97. The van der Waals surface area contributed by atoms with Gasteiger partial charge in [-0.25, -0.2) is 4.39 Å². The first-order chi connectivity index (χ1) is 10.6. The molecule has 3 rings (SSSR count). The van der Waals surface area contributed by atoms with Crippen molar-refractivity contribution in [3.63, 3.8) is 0 Å². The van der Waals surface area contributed by atoms with Crippen LogP contribution in [0.25, 0.3) is 0 Å². The zero-order valence-electron chi connectivity index (χ0n) is 12.2. The van der Waals surface area contributed by atoms with Gasteiger partial charge in [0, 0.05) is 18.7 Å². The average molecular weight is 299 g/mol. The molecular formula is C18H18FNO2. The molecule has 0 radical (unpaired) electrons. The Labute approximate surface area is 129 Å². The number of nitrogens with zero attached hydrogens (tertiary/aromatic N) is 1. The molecule has 114 valence electrons. The summed E-state index contributed by atoms with van der Waals surface area (Å²) in [5.41, 5.74) is 1.64. The summed E-state index contributed by atoms with van der Waals surface area (Å²) in [6, 6.07) is 13.0. The minimum absolute atomic E-state index is 0.0469. The molecule has 0 aliphatic carbocycles. The first-order valence-electron chi connectivity index (χ1n) is 7.47. The quantitative estimate of drug-likeness (QED) is 0.921. The second-order valence-corrected chi connectivity index (χ2v) is 5.67. The zero-order valence-corrected chi connectivity index (χ0v) is 12.2. The number of amides is 1. The van der Waals surface area contributed by atoms with Crippen LogP contribution in [0.5, 0.6) is 5.75 Å². The predicted octanol–water partition coefficient (Wildman–Crippen LogP) is 3.55. The maximum Gasteiger partial charge on any atom is 0.253 e. The summed E-state index contributed by atoms with van der Waals surface area (Å²) >= 11 is 0. The summed E-state index contributed by atoms with van der Waals surface area (Å²) < 4.78 is 12.9. The lowest BCUT2D eigenvalue weighted by atomic mass is 9.89. The third-order valence-electron chi connectivity index (χ3n) is 4.21. The van der Waals surface area contributed by atoms with Gasteiger partial charge in [-0.05, 0) is 60.7 Å². The first-order valence-corrected chi connectivity index (χ1v) is 7.47. The fraction of sp³-hybridized carbons (Fsp3) is 0.278. The lowest BCUT2D eigenvalue weighted by Crippen LogP contribution is -2.37. The average Bonchev–Trinajstić information content (AvgIpc) is 2.55. The van der Waals surface area contributed by atoms with Crippen LogP contribution in [-0.2, 0) is 0 Å². The molecule has 0 unspecified atom stereocenters. The van der Waals surface area contributed by atoms with E-state index < -0.39 is 0 Å². The summed E-state index contributed by atoms with van der Waals surface area (Å²) in [6.07, 6.45) is 1.74. The van der Waals surface area contributed by atoms with Crippen molar-refractivity contribution in [3.05, 3.63) is 65.5 Å². The van der Waals surface area contributed by atoms with Gasteiger partial charge in [0.15, 0.2) is 0 Å². The highest BCUT2D eigenvalue weighted by Crippen LogP contribution is 2.30. The van der Waals surface area contributed by atoms with Crippen molar-refractivity contribution in [2.45, 2.75) is 18.8 Å². The Balaban J connectivity index is 1.64. The van der Waals surface area contributed by atoms with Crippen LogP contribution in [0.15, 0.2) is 48.5 Å². The summed E-state index contributed by atoms with van der Waals surface area (Å²) in [5, 5.41) is 9.56. The highest BCUT2D eigenvalue weighted by atomic mass is 19.1. The molecule has 1 aliphatic heterocycles. The molecule has 2 aromatic rings. The summed E-state index contributed by atoms with van der Waals surface area (Å²) in [7, 11) is 0. The van der Waals surface area contributed by atoms with E-state index in [1.807, 2.05) is 17.0 Å². The molecule has 2 aromatic carbocycles. The van der Waals surface area contributed by atoms with Gasteiger partial charge in [0.2, 0.25) is 0 Å². The van der Waals surface area contributed by atoms with Gasteiger partial charge in [0.1, 0.15) is 11.6 Å². The van der Waals surface area contributed by atoms with Crippen LogP contribution in [0.3, 0.4) is 0 Å². The molecule has 0 saturated carbocycles. The maximum absolute atomic E-state index is 12.9. The number of piperidine rings is 1. The summed E-state index contributed by atoms with van der Waals surface area (Å²) in [5.74, 6) is 0.264. The molecule has 0 atom stereocenters. The number of hydrogen-bond acceptors (Lipinski definition) is 2. The van der Waals surface area contributed by atoms with E-state index >= 15 is 0 Å². The summed E-state index contributed by atoms with van der Waals surface area (Å²) in [4.78, 5) is 14.2. The lowest BCUT2D eigenvalue weighted by Gasteiger charge is -2.32. The van der Waals surface area contributed by atoms with Crippen molar-refractivity contribution >= 4 is 5.91 Å². The van der Waals surface area contributed by atoms with Crippen LogP contribution in [0.1, 0.15) is 34.7 Å². The van der Waals surface area contributed by atoms with Crippen molar-refractivity contribution in [1.82, 2.24) is 4.90 Å². The fourth-order valence-electron chi connectivity index (χ4n) is 2.97. The zero-order chi connectivity index (χ0) is 15.5. The molecule has 3 nitrogen and oxygen atoms in total. The van der Waals surface area contributed by atoms with Gasteiger partial charge in [-0.3, -0.25) is 4.79 Å². The Kier molecular flexibility index (Phi) is 4.09. The molecule has 4 heteroatoms. The molecule has 0 spiro atoms. The first kappa shape index (κ1) is 14.6. The second-order valence-electron chi connectivity index (χ2n) is 5.67. The molecule has 1 saturated heterocycles. The van der Waals surface area contributed by atoms with Gasteiger partial charge < -0.3 is 10.0 Å². The Hall–Kier alpha value is -2.36. The predicted molar refractivity (Wildman–Crippen MR) is 82.4 cm³/mol. The van der Waals surface area contributed by atoms with E-state index in [1.54, 1.807) is 12.1 Å². The van der Waals surface area contributed by atoms with Crippen LogP contribution in [-0.4, -0.2) is 29.0 Å². The third-order valence-corrected chi connectivity index (χ3v) is 4.21. The van der Waals surface area contributed by atoms with Gasteiger partial charge in [0.05, 0.1) is 0 Å². The lowest BCUT2D eigenvalue weighted by molar-refractivity contribution is 0.0713. The van der Waals surface area contributed by atoms with Crippen LogP contribution in [0.2, 0.25) is 0 Å². The Bertz CT molecular complexity index is 661. The van der Waals surface area contributed by atoms with Crippen LogP contribution in [0, 0.1) is 5.82 Å². The van der Waals surface area contributed by atoms with Crippen molar-refractivity contribution in [3.8, 4) is 5.75 Å². The molecular weight excluding hydrogens is 281 g/mol. The van der Waals surface area contributed by atoms with E-state index in [4.69, 9.17) is 0 Å². The second kappa shape index (κ2) is 6.18. The van der Waals surface area contributed by atoms with Gasteiger partial charge in [-0.2, -0.15) is 0 Å². The number of aromatic hydroxyl groups is 1. The topological polar surface area (TPSA) is 40.5 Å². The van der Waals surface area contributed by atoms with Crippen molar-refractivity contribution in [1.29, 1.82) is 0 Å². The van der Waals surface area contributed by atoms with Crippen molar-refractivity contribution in [2.24, 2.45) is 0 Å². The van der Waals surface area contributed by atoms with Crippen molar-refractivity contribution < 1.29 is 14.3 Å². The molecule has 0 aromatic heterocycles. The molecule has 1 N–H and O–H groups in total.